The fourth-order valence-electron chi connectivity index (χ4n) is 3.40. The summed E-state index contributed by atoms with van der Waals surface area (Å²) >= 11 is 0. The van der Waals surface area contributed by atoms with Crippen molar-refractivity contribution in [1.29, 1.82) is 0 Å². The lowest BCUT2D eigenvalue weighted by Gasteiger charge is -2.09. The number of hydrogen-bond acceptors (Lipinski definition) is 11. The third-order valence-corrected chi connectivity index (χ3v) is 5.61. The van der Waals surface area contributed by atoms with Gasteiger partial charge in [0.2, 0.25) is 0 Å². The van der Waals surface area contributed by atoms with Gasteiger partial charge in [-0.3, -0.25) is 4.79 Å². The van der Waals surface area contributed by atoms with Crippen LogP contribution in [-0.4, -0.2) is 112 Å². The summed E-state index contributed by atoms with van der Waals surface area (Å²) in [5.41, 5.74) is 6.43. The number of hydrogen-bond donors (Lipinski definition) is 1. The van der Waals surface area contributed by atoms with E-state index >= 15 is 0 Å². The van der Waals surface area contributed by atoms with Crippen LogP contribution in [0.25, 0.3) is 0 Å². The van der Waals surface area contributed by atoms with Gasteiger partial charge in [0.15, 0.2) is 0 Å². The Bertz CT molecular complexity index is 710. The summed E-state index contributed by atoms with van der Waals surface area (Å²) in [6.45, 7) is 9.65. The molecular formula is C30H53NO10. The van der Waals surface area contributed by atoms with Gasteiger partial charge in [-0.1, -0.05) is 44.7 Å². The van der Waals surface area contributed by atoms with E-state index in [2.05, 4.69) is 6.92 Å². The molecule has 1 rings (SSSR count). The topological polar surface area (TPSA) is 126 Å². The predicted molar refractivity (Wildman–Crippen MR) is 156 cm³/mol. The lowest BCUT2D eigenvalue weighted by molar-refractivity contribution is -0.145. The number of rotatable bonds is 31. The van der Waals surface area contributed by atoms with Crippen molar-refractivity contribution >= 4 is 11.7 Å². The molecule has 0 amide bonds. The Balaban J connectivity index is 1.67. The van der Waals surface area contributed by atoms with E-state index in [4.69, 9.17) is 48.4 Å². The van der Waals surface area contributed by atoms with Crippen molar-refractivity contribution in [3.63, 3.8) is 0 Å². The average Bonchev–Trinajstić information content (AvgIpc) is 2.98. The van der Waals surface area contributed by atoms with Crippen molar-refractivity contribution in [1.82, 2.24) is 0 Å². The number of carbonyl (C=O) groups is 1. The number of carbonyl (C=O) groups excluding carboxylic acids is 1. The maximum absolute atomic E-state index is 11.6. The number of ether oxygens (including phenoxy) is 9. The van der Waals surface area contributed by atoms with Crippen LogP contribution in [0.15, 0.2) is 24.3 Å². The Morgan fingerprint density at radius 1 is 0.561 bits per heavy atom. The van der Waals surface area contributed by atoms with Crippen molar-refractivity contribution in [3.8, 4) is 5.75 Å². The van der Waals surface area contributed by atoms with Gasteiger partial charge in [-0.25, -0.2) is 0 Å². The van der Waals surface area contributed by atoms with Crippen LogP contribution in [0.2, 0.25) is 0 Å². The Labute approximate surface area is 246 Å². The quantitative estimate of drug-likeness (QED) is 0.0777. The summed E-state index contributed by atoms with van der Waals surface area (Å²) in [7, 11) is 0. The molecule has 0 aliphatic rings. The molecule has 0 spiro atoms. The second kappa shape index (κ2) is 29.5. The zero-order valence-corrected chi connectivity index (χ0v) is 25.0. The van der Waals surface area contributed by atoms with E-state index in [-0.39, 0.29) is 12.6 Å². The van der Waals surface area contributed by atoms with Gasteiger partial charge < -0.3 is 48.4 Å². The standard InChI is InChI=1S/C30H53NO10/c1-2-3-4-5-6-11-30(32)41-27-25-39-23-21-37-19-17-35-15-13-33-12-14-34-16-18-36-20-22-38-24-26-40-29-10-8-7-9-28(29)31/h7-10H,2-6,11-27,31H2,1H3. The fourth-order valence-corrected chi connectivity index (χ4v) is 3.40. The van der Waals surface area contributed by atoms with Crippen molar-refractivity contribution in [3.05, 3.63) is 24.3 Å². The molecule has 11 heteroatoms. The molecule has 11 nitrogen and oxygen atoms in total. The number of benzene rings is 1. The van der Waals surface area contributed by atoms with E-state index in [1.807, 2.05) is 18.2 Å². The minimum atomic E-state index is -0.146. The van der Waals surface area contributed by atoms with Gasteiger partial charge in [-0.15, -0.1) is 0 Å². The Morgan fingerprint density at radius 3 is 1.44 bits per heavy atom. The molecule has 238 valence electrons. The van der Waals surface area contributed by atoms with Gasteiger partial charge in [-0.05, 0) is 18.6 Å². The number of para-hydroxylation sites is 2. The van der Waals surface area contributed by atoms with Gasteiger partial charge in [0, 0.05) is 6.42 Å². The molecular weight excluding hydrogens is 534 g/mol. The van der Waals surface area contributed by atoms with E-state index in [0.29, 0.717) is 117 Å². The second-order valence-corrected chi connectivity index (χ2v) is 9.06. The molecule has 0 aliphatic carbocycles. The fraction of sp³-hybridized carbons (Fsp3) is 0.767. The minimum absolute atomic E-state index is 0.146. The molecule has 0 saturated carbocycles. The largest absolute Gasteiger partial charge is 0.489 e. The molecule has 0 aliphatic heterocycles. The molecule has 0 heterocycles. The number of anilines is 1. The third kappa shape index (κ3) is 25.4. The Kier molecular flexibility index (Phi) is 26.6. The zero-order valence-electron chi connectivity index (χ0n) is 25.0. The van der Waals surface area contributed by atoms with Crippen LogP contribution in [0.1, 0.15) is 45.4 Å². The summed E-state index contributed by atoms with van der Waals surface area (Å²) in [5.74, 6) is 0.521. The van der Waals surface area contributed by atoms with Gasteiger partial charge in [-0.2, -0.15) is 0 Å². The first-order chi connectivity index (χ1) is 20.2. The van der Waals surface area contributed by atoms with Gasteiger partial charge in [0.1, 0.15) is 19.0 Å². The van der Waals surface area contributed by atoms with Crippen molar-refractivity contribution < 1.29 is 47.4 Å². The number of nitrogens with two attached hydrogens (primary N) is 1. The van der Waals surface area contributed by atoms with Crippen molar-refractivity contribution in [2.45, 2.75) is 45.4 Å². The highest BCUT2D eigenvalue weighted by Crippen LogP contribution is 2.19. The van der Waals surface area contributed by atoms with Crippen molar-refractivity contribution in [2.24, 2.45) is 0 Å². The van der Waals surface area contributed by atoms with E-state index in [1.54, 1.807) is 6.07 Å². The summed E-state index contributed by atoms with van der Waals surface area (Å²) in [6.07, 6.45) is 6.08. The number of esters is 1. The molecule has 0 fully saturated rings. The van der Waals surface area contributed by atoms with E-state index in [9.17, 15) is 4.79 Å². The molecule has 0 bridgehead atoms. The molecule has 2 N–H and O–H groups in total. The Morgan fingerprint density at radius 2 is 0.976 bits per heavy atom. The maximum Gasteiger partial charge on any atom is 0.305 e. The molecule has 0 radical (unpaired) electrons. The summed E-state index contributed by atoms with van der Waals surface area (Å²) in [6, 6.07) is 7.37. The number of nitrogen functional groups attached to an aromatic ring is 1. The summed E-state index contributed by atoms with van der Waals surface area (Å²) < 4.78 is 48.9. The first-order valence-electron chi connectivity index (χ1n) is 14.9. The monoisotopic (exact) mass is 587 g/mol. The smallest absolute Gasteiger partial charge is 0.305 e. The van der Waals surface area contributed by atoms with Crippen LogP contribution >= 0.6 is 0 Å². The van der Waals surface area contributed by atoms with Gasteiger partial charge >= 0.3 is 5.97 Å². The van der Waals surface area contributed by atoms with E-state index in [0.717, 1.165) is 12.8 Å². The second-order valence-electron chi connectivity index (χ2n) is 9.06. The third-order valence-electron chi connectivity index (χ3n) is 5.61. The van der Waals surface area contributed by atoms with Crippen LogP contribution in [0.5, 0.6) is 5.75 Å². The van der Waals surface area contributed by atoms with Crippen LogP contribution in [0.3, 0.4) is 0 Å². The maximum atomic E-state index is 11.6. The van der Waals surface area contributed by atoms with Gasteiger partial charge in [0.05, 0.1) is 98.2 Å². The van der Waals surface area contributed by atoms with Crippen molar-refractivity contribution in [2.75, 3.05) is 111 Å². The highest BCUT2D eigenvalue weighted by atomic mass is 16.6. The van der Waals surface area contributed by atoms with E-state index < -0.39 is 0 Å². The molecule has 0 saturated heterocycles. The average molecular weight is 588 g/mol. The predicted octanol–water partition coefficient (Wildman–Crippen LogP) is 3.67. The van der Waals surface area contributed by atoms with Gasteiger partial charge in [0.25, 0.3) is 0 Å². The SMILES string of the molecule is CCCCCCCC(=O)OCCOCCOCCOCCOCCOCCOCCOCCOc1ccccc1N. The van der Waals surface area contributed by atoms with Crippen LogP contribution in [-0.2, 0) is 42.7 Å². The molecule has 1 aromatic rings. The lowest BCUT2D eigenvalue weighted by atomic mass is 10.1. The minimum Gasteiger partial charge on any atom is -0.489 e. The first-order valence-corrected chi connectivity index (χ1v) is 14.9. The highest BCUT2D eigenvalue weighted by molar-refractivity contribution is 5.69. The lowest BCUT2D eigenvalue weighted by Crippen LogP contribution is -2.15. The first kappa shape index (κ1) is 37.0. The zero-order chi connectivity index (χ0) is 29.5. The highest BCUT2D eigenvalue weighted by Gasteiger charge is 2.02. The van der Waals surface area contributed by atoms with Crippen LogP contribution in [0.4, 0.5) is 5.69 Å². The Hall–Kier alpha value is -1.99. The molecule has 1 aromatic carbocycles. The van der Waals surface area contributed by atoms with Crippen LogP contribution in [0, 0.1) is 0 Å². The normalized spacial score (nSPS) is 11.1. The molecule has 0 unspecified atom stereocenters. The van der Waals surface area contributed by atoms with E-state index in [1.165, 1.54) is 19.3 Å². The molecule has 0 atom stereocenters. The number of unbranched alkanes of at least 4 members (excludes halogenated alkanes) is 4. The molecule has 0 aromatic heterocycles. The summed E-state index contributed by atoms with van der Waals surface area (Å²) in [5, 5.41) is 0. The van der Waals surface area contributed by atoms with Crippen LogP contribution < -0.4 is 10.5 Å². The molecule has 41 heavy (non-hydrogen) atoms. The summed E-state index contributed by atoms with van der Waals surface area (Å²) in [4.78, 5) is 11.6.